The van der Waals surface area contributed by atoms with Gasteiger partial charge >= 0.3 is 0 Å². The second-order valence-corrected chi connectivity index (χ2v) is 11.2. The molecular weight excluding hydrogens is 434 g/mol. The van der Waals surface area contributed by atoms with E-state index in [2.05, 4.69) is 26.0 Å². The monoisotopic (exact) mass is 471 g/mol. The molecule has 0 bridgehead atoms. The van der Waals surface area contributed by atoms with Crippen LogP contribution in [0.5, 0.6) is 5.75 Å². The van der Waals surface area contributed by atoms with Crippen LogP contribution in [0.4, 0.5) is 0 Å². The Bertz CT molecular complexity index is 984. The number of unbranched alkanes of at least 4 members (excludes halogenated alkanes) is 4. The summed E-state index contributed by atoms with van der Waals surface area (Å²) in [4.78, 5) is 15.2. The number of carbonyl (C=O) groups excluding carboxylic acids is 1. The Labute approximate surface area is 199 Å². The van der Waals surface area contributed by atoms with Gasteiger partial charge in [0.2, 0.25) is 0 Å². The number of rotatable bonds is 12. The summed E-state index contributed by atoms with van der Waals surface area (Å²) >= 11 is 0. The maximum atomic E-state index is 13.4. The van der Waals surface area contributed by atoms with Gasteiger partial charge in [-0.1, -0.05) is 63.8 Å². The molecule has 5 nitrogen and oxygen atoms in total. The van der Waals surface area contributed by atoms with Crippen LogP contribution in [0.15, 0.2) is 48.5 Å². The van der Waals surface area contributed by atoms with Crippen LogP contribution < -0.4 is 4.74 Å². The fraction of sp³-hybridized carbons (Fsp3) is 0.519. The fourth-order valence-electron chi connectivity index (χ4n) is 4.22. The van der Waals surface area contributed by atoms with E-state index in [1.807, 2.05) is 24.3 Å². The molecule has 0 radical (unpaired) electrons. The summed E-state index contributed by atoms with van der Waals surface area (Å²) in [6, 6.07) is 15.1. The van der Waals surface area contributed by atoms with Crippen LogP contribution in [0.25, 0.3) is 0 Å². The van der Waals surface area contributed by atoms with Crippen LogP contribution >= 0.6 is 0 Å². The SMILES string of the molecule is CCCCCCCOc1ccc(C(=O)N(Cc2ccc(CC)cc2)[C@H]2CCS(=O)(=O)C2)cc1. The average Bonchev–Trinajstić information content (AvgIpc) is 3.19. The van der Waals surface area contributed by atoms with Crippen molar-refractivity contribution in [2.75, 3.05) is 18.1 Å². The zero-order valence-electron chi connectivity index (χ0n) is 20.0. The first kappa shape index (κ1) is 25.3. The van der Waals surface area contributed by atoms with Crippen molar-refractivity contribution < 1.29 is 17.9 Å². The summed E-state index contributed by atoms with van der Waals surface area (Å²) in [6.45, 7) is 5.39. The Morgan fingerprint density at radius 2 is 1.61 bits per heavy atom. The van der Waals surface area contributed by atoms with Crippen molar-refractivity contribution in [2.45, 2.75) is 71.4 Å². The first-order valence-electron chi connectivity index (χ1n) is 12.2. The topological polar surface area (TPSA) is 63.7 Å². The van der Waals surface area contributed by atoms with E-state index in [9.17, 15) is 13.2 Å². The number of carbonyl (C=O) groups is 1. The first-order chi connectivity index (χ1) is 15.9. The lowest BCUT2D eigenvalue weighted by Gasteiger charge is -2.28. The summed E-state index contributed by atoms with van der Waals surface area (Å²) < 4.78 is 30.0. The molecule has 0 N–H and O–H groups in total. The summed E-state index contributed by atoms with van der Waals surface area (Å²) in [6.07, 6.45) is 7.37. The van der Waals surface area contributed by atoms with Crippen molar-refractivity contribution in [3.05, 3.63) is 65.2 Å². The van der Waals surface area contributed by atoms with E-state index < -0.39 is 9.84 Å². The van der Waals surface area contributed by atoms with Gasteiger partial charge in [-0.05, 0) is 54.7 Å². The van der Waals surface area contributed by atoms with Gasteiger partial charge in [-0.25, -0.2) is 8.42 Å². The van der Waals surface area contributed by atoms with Gasteiger partial charge in [-0.2, -0.15) is 0 Å². The summed E-state index contributed by atoms with van der Waals surface area (Å²) in [7, 11) is -3.10. The minimum atomic E-state index is -3.10. The van der Waals surface area contributed by atoms with Crippen molar-refractivity contribution in [3.63, 3.8) is 0 Å². The van der Waals surface area contributed by atoms with E-state index in [0.29, 0.717) is 25.1 Å². The second kappa shape index (κ2) is 12.2. The Balaban J connectivity index is 1.67. The predicted molar refractivity (Wildman–Crippen MR) is 133 cm³/mol. The lowest BCUT2D eigenvalue weighted by atomic mass is 10.1. The molecule has 3 rings (SSSR count). The minimum Gasteiger partial charge on any atom is -0.494 e. The Morgan fingerprint density at radius 3 is 2.21 bits per heavy atom. The molecule has 1 atom stereocenters. The second-order valence-electron chi connectivity index (χ2n) is 8.95. The van der Waals surface area contributed by atoms with Crippen LogP contribution in [-0.2, 0) is 22.8 Å². The van der Waals surface area contributed by atoms with Gasteiger partial charge in [0.25, 0.3) is 5.91 Å². The van der Waals surface area contributed by atoms with E-state index >= 15 is 0 Å². The number of hydrogen-bond acceptors (Lipinski definition) is 4. The first-order valence-corrected chi connectivity index (χ1v) is 14.1. The molecule has 180 valence electrons. The molecule has 1 fully saturated rings. The highest BCUT2D eigenvalue weighted by Crippen LogP contribution is 2.24. The zero-order valence-corrected chi connectivity index (χ0v) is 20.8. The molecule has 0 spiro atoms. The van der Waals surface area contributed by atoms with Gasteiger partial charge < -0.3 is 9.64 Å². The quantitative estimate of drug-likeness (QED) is 0.387. The Morgan fingerprint density at radius 1 is 0.939 bits per heavy atom. The zero-order chi connectivity index (χ0) is 23.7. The third kappa shape index (κ3) is 7.60. The van der Waals surface area contributed by atoms with Gasteiger partial charge in [-0.15, -0.1) is 0 Å². The van der Waals surface area contributed by atoms with E-state index in [1.54, 1.807) is 17.0 Å². The number of amides is 1. The molecule has 1 saturated heterocycles. The Kier molecular flexibility index (Phi) is 9.36. The lowest BCUT2D eigenvalue weighted by molar-refractivity contribution is 0.0681. The van der Waals surface area contributed by atoms with Gasteiger partial charge in [0, 0.05) is 18.2 Å². The molecular formula is C27H37NO4S. The highest BCUT2D eigenvalue weighted by atomic mass is 32.2. The fourth-order valence-corrected chi connectivity index (χ4v) is 5.95. The summed E-state index contributed by atoms with van der Waals surface area (Å²) in [5, 5.41) is 0. The number of hydrogen-bond donors (Lipinski definition) is 0. The Hall–Kier alpha value is -2.34. The lowest BCUT2D eigenvalue weighted by Crippen LogP contribution is -2.40. The van der Waals surface area contributed by atoms with Gasteiger partial charge in [-0.3, -0.25) is 4.79 Å². The molecule has 6 heteroatoms. The molecule has 0 unspecified atom stereocenters. The van der Waals surface area contributed by atoms with E-state index in [-0.39, 0.29) is 23.5 Å². The van der Waals surface area contributed by atoms with Crippen LogP contribution in [0.2, 0.25) is 0 Å². The number of sulfone groups is 1. The van der Waals surface area contributed by atoms with Gasteiger partial charge in [0.05, 0.1) is 18.1 Å². The predicted octanol–water partition coefficient (Wildman–Crippen LogP) is 5.43. The molecule has 0 aliphatic carbocycles. The van der Waals surface area contributed by atoms with E-state index in [4.69, 9.17) is 4.74 Å². The van der Waals surface area contributed by atoms with Crippen LogP contribution in [0.1, 0.15) is 73.9 Å². The van der Waals surface area contributed by atoms with E-state index in [1.165, 1.54) is 31.2 Å². The smallest absolute Gasteiger partial charge is 0.254 e. The maximum Gasteiger partial charge on any atom is 0.254 e. The highest BCUT2D eigenvalue weighted by Gasteiger charge is 2.35. The third-order valence-corrected chi connectivity index (χ3v) is 8.06. The highest BCUT2D eigenvalue weighted by molar-refractivity contribution is 7.91. The summed E-state index contributed by atoms with van der Waals surface area (Å²) in [5.41, 5.74) is 2.80. The number of aryl methyl sites for hydroxylation is 1. The molecule has 1 aliphatic rings. The van der Waals surface area contributed by atoms with Crippen LogP contribution in [0.3, 0.4) is 0 Å². The van der Waals surface area contributed by atoms with Crippen molar-refractivity contribution in [3.8, 4) is 5.75 Å². The average molecular weight is 472 g/mol. The standard InChI is InChI=1S/C27H37NO4S/c1-3-5-6-7-8-18-32-26-15-13-24(14-16-26)27(29)28(25-17-19-33(30,31)21-25)20-23-11-9-22(4-2)10-12-23/h9-16,25H,3-8,17-21H2,1-2H3/t25-/m0/s1. The normalized spacial score (nSPS) is 17.1. The minimum absolute atomic E-state index is 0.0327. The van der Waals surface area contributed by atoms with Crippen LogP contribution in [0, 0.1) is 0 Å². The largest absolute Gasteiger partial charge is 0.494 e. The van der Waals surface area contributed by atoms with Crippen molar-refractivity contribution in [1.29, 1.82) is 0 Å². The van der Waals surface area contributed by atoms with Crippen molar-refractivity contribution in [2.24, 2.45) is 0 Å². The van der Waals surface area contributed by atoms with Crippen LogP contribution in [-0.4, -0.2) is 43.4 Å². The number of ether oxygens (including phenoxy) is 1. The molecule has 0 saturated carbocycles. The van der Waals surface area contributed by atoms with Gasteiger partial charge in [0.15, 0.2) is 9.84 Å². The molecule has 1 aliphatic heterocycles. The van der Waals surface area contributed by atoms with Gasteiger partial charge in [0.1, 0.15) is 5.75 Å². The van der Waals surface area contributed by atoms with E-state index in [0.717, 1.165) is 24.2 Å². The summed E-state index contributed by atoms with van der Waals surface area (Å²) in [5.74, 6) is 0.793. The maximum absolute atomic E-state index is 13.4. The molecule has 1 amide bonds. The number of benzene rings is 2. The third-order valence-electron chi connectivity index (χ3n) is 6.31. The molecule has 1 heterocycles. The van der Waals surface area contributed by atoms with Crippen molar-refractivity contribution in [1.82, 2.24) is 4.90 Å². The van der Waals surface area contributed by atoms with Crippen molar-refractivity contribution >= 4 is 15.7 Å². The molecule has 33 heavy (non-hydrogen) atoms. The molecule has 2 aromatic rings. The molecule has 0 aromatic heterocycles. The molecule has 2 aromatic carbocycles. The number of nitrogens with zero attached hydrogens (tertiary/aromatic N) is 1.